The molecule has 0 spiro atoms. The highest BCUT2D eigenvalue weighted by molar-refractivity contribution is 14.1. The summed E-state index contributed by atoms with van der Waals surface area (Å²) in [5.74, 6) is 6.59. The molecule has 1 unspecified atom stereocenters. The number of nitrogens with zero attached hydrogens (tertiary/aromatic N) is 2. The molecule has 4 nitrogen and oxygen atoms in total. The molecule has 3 N–H and O–H groups in total. The molecule has 0 aliphatic rings. The fourth-order valence-electron chi connectivity index (χ4n) is 1.82. The fourth-order valence-corrected chi connectivity index (χ4v) is 2.18. The predicted octanol–water partition coefficient (Wildman–Crippen LogP) is 2.06. The van der Waals surface area contributed by atoms with E-state index in [0.29, 0.717) is 0 Å². The van der Waals surface area contributed by atoms with E-state index in [1.165, 1.54) is 3.57 Å². The molecule has 0 saturated carbocycles. The van der Waals surface area contributed by atoms with Gasteiger partial charge in [0.2, 0.25) is 0 Å². The smallest absolute Gasteiger partial charge is 0.131 e. The van der Waals surface area contributed by atoms with Crippen molar-refractivity contribution >= 4 is 22.6 Å². The molecule has 0 fully saturated rings. The number of benzene rings is 1. The fraction of sp³-hybridized carbons (Fsp3) is 0.250. The molecule has 0 bridgehead atoms. The van der Waals surface area contributed by atoms with E-state index >= 15 is 0 Å². The normalized spacial score (nSPS) is 12.6. The number of nitrogens with one attached hydrogen (secondary N) is 1. The highest BCUT2D eigenvalue weighted by atomic mass is 127. The number of hydrazine groups is 1. The van der Waals surface area contributed by atoms with Gasteiger partial charge in [0.05, 0.1) is 0 Å². The summed E-state index contributed by atoms with van der Waals surface area (Å²) in [6.45, 7) is 2.98. The molecule has 2 rings (SSSR count). The first kappa shape index (κ1) is 12.5. The van der Waals surface area contributed by atoms with Crippen LogP contribution < -0.4 is 11.3 Å². The van der Waals surface area contributed by atoms with E-state index < -0.39 is 0 Å². The van der Waals surface area contributed by atoms with E-state index in [2.05, 4.69) is 68.8 Å². The first-order valence-corrected chi connectivity index (χ1v) is 6.56. The van der Waals surface area contributed by atoms with Gasteiger partial charge in [0.15, 0.2) is 0 Å². The molecule has 0 saturated heterocycles. The predicted molar refractivity (Wildman–Crippen MR) is 76.2 cm³/mol. The van der Waals surface area contributed by atoms with Gasteiger partial charge in [-0.25, -0.2) is 10.4 Å². The van der Waals surface area contributed by atoms with Crippen LogP contribution in [0.1, 0.15) is 24.4 Å². The second-order valence-electron chi connectivity index (χ2n) is 3.72. The average Bonchev–Trinajstić information content (AvgIpc) is 2.81. The minimum Gasteiger partial charge on any atom is -0.334 e. The Bertz CT molecular complexity index is 478. The lowest BCUT2D eigenvalue weighted by Crippen LogP contribution is -2.31. The summed E-state index contributed by atoms with van der Waals surface area (Å²) < 4.78 is 3.30. The van der Waals surface area contributed by atoms with Crippen molar-refractivity contribution in [3.8, 4) is 0 Å². The van der Waals surface area contributed by atoms with Gasteiger partial charge < -0.3 is 4.57 Å². The lowest BCUT2D eigenvalue weighted by Gasteiger charge is -2.17. The summed E-state index contributed by atoms with van der Waals surface area (Å²) in [6.07, 6.45) is 3.77. The summed E-state index contributed by atoms with van der Waals surface area (Å²) in [7, 11) is 0. The minimum absolute atomic E-state index is 0.0676. The zero-order valence-electron chi connectivity index (χ0n) is 9.60. The molecule has 1 aromatic carbocycles. The maximum Gasteiger partial charge on any atom is 0.131 e. The molecule has 1 aromatic heterocycles. The first-order valence-electron chi connectivity index (χ1n) is 5.49. The summed E-state index contributed by atoms with van der Waals surface area (Å²) in [5.41, 5.74) is 3.95. The van der Waals surface area contributed by atoms with E-state index in [-0.39, 0.29) is 6.04 Å². The van der Waals surface area contributed by atoms with Gasteiger partial charge in [-0.15, -0.1) is 0 Å². The van der Waals surface area contributed by atoms with Crippen LogP contribution >= 0.6 is 22.6 Å². The zero-order chi connectivity index (χ0) is 12.3. The second-order valence-corrected chi connectivity index (χ2v) is 4.97. The summed E-state index contributed by atoms with van der Waals surface area (Å²) in [5, 5.41) is 0. The van der Waals surface area contributed by atoms with Gasteiger partial charge in [0, 0.05) is 22.5 Å². The van der Waals surface area contributed by atoms with Crippen molar-refractivity contribution in [2.45, 2.75) is 19.5 Å². The van der Waals surface area contributed by atoms with E-state index in [9.17, 15) is 0 Å². The molecule has 0 radical (unpaired) electrons. The van der Waals surface area contributed by atoms with Crippen LogP contribution in [-0.2, 0) is 6.54 Å². The Balaban J connectivity index is 2.36. The molecule has 1 heterocycles. The van der Waals surface area contributed by atoms with Crippen LogP contribution in [0.2, 0.25) is 0 Å². The van der Waals surface area contributed by atoms with E-state index in [1.807, 2.05) is 6.20 Å². The molecular weight excluding hydrogens is 327 g/mol. The largest absolute Gasteiger partial charge is 0.334 e. The molecular formula is C12H15IN4. The average molecular weight is 342 g/mol. The van der Waals surface area contributed by atoms with Gasteiger partial charge in [-0.3, -0.25) is 5.84 Å². The Morgan fingerprint density at radius 1 is 1.41 bits per heavy atom. The topological polar surface area (TPSA) is 55.9 Å². The molecule has 90 valence electrons. The van der Waals surface area contributed by atoms with Crippen LogP contribution in [0.3, 0.4) is 0 Å². The van der Waals surface area contributed by atoms with Crippen LogP contribution in [0, 0.1) is 3.57 Å². The van der Waals surface area contributed by atoms with Crippen molar-refractivity contribution in [1.29, 1.82) is 0 Å². The summed E-state index contributed by atoms with van der Waals surface area (Å²) in [6, 6.07) is 8.21. The monoisotopic (exact) mass is 342 g/mol. The lowest BCUT2D eigenvalue weighted by atomic mass is 10.1. The Morgan fingerprint density at radius 3 is 2.71 bits per heavy atom. The number of aryl methyl sites for hydroxylation is 1. The number of aromatic nitrogens is 2. The second kappa shape index (κ2) is 5.61. The molecule has 1 atom stereocenters. The Kier molecular flexibility index (Phi) is 4.14. The van der Waals surface area contributed by atoms with Crippen molar-refractivity contribution in [1.82, 2.24) is 15.0 Å². The van der Waals surface area contributed by atoms with Crippen molar-refractivity contribution < 1.29 is 0 Å². The maximum absolute atomic E-state index is 5.65. The molecule has 0 amide bonds. The van der Waals surface area contributed by atoms with E-state index in [4.69, 9.17) is 5.84 Å². The van der Waals surface area contributed by atoms with Gasteiger partial charge in [-0.05, 0) is 47.2 Å². The van der Waals surface area contributed by atoms with E-state index in [0.717, 1.165) is 17.9 Å². The van der Waals surface area contributed by atoms with Crippen LogP contribution in [-0.4, -0.2) is 9.55 Å². The molecule has 0 aliphatic heterocycles. The summed E-state index contributed by atoms with van der Waals surface area (Å²) >= 11 is 2.29. The first-order chi connectivity index (χ1) is 8.26. The highest BCUT2D eigenvalue weighted by Gasteiger charge is 2.16. The van der Waals surface area contributed by atoms with E-state index in [1.54, 1.807) is 6.20 Å². The number of hydrogen-bond acceptors (Lipinski definition) is 3. The number of imidazole rings is 1. The SMILES string of the molecule is CCn1ccnc1C(NN)c1ccc(I)cc1. The van der Waals surface area contributed by atoms with Gasteiger partial charge in [-0.2, -0.15) is 0 Å². The maximum atomic E-state index is 5.65. The van der Waals surface area contributed by atoms with Gasteiger partial charge in [-0.1, -0.05) is 12.1 Å². The Morgan fingerprint density at radius 2 is 2.12 bits per heavy atom. The highest BCUT2D eigenvalue weighted by Crippen LogP contribution is 2.20. The van der Waals surface area contributed by atoms with Crippen molar-refractivity contribution in [3.05, 3.63) is 51.6 Å². The standard InChI is InChI=1S/C12H15IN4/c1-2-17-8-7-15-12(17)11(16-14)9-3-5-10(13)6-4-9/h3-8,11,16H,2,14H2,1H3. The van der Waals surface area contributed by atoms with Crippen LogP contribution in [0.15, 0.2) is 36.7 Å². The molecule has 5 heteroatoms. The number of rotatable bonds is 4. The number of nitrogens with two attached hydrogens (primary N) is 1. The number of halogens is 1. The van der Waals surface area contributed by atoms with Crippen LogP contribution in [0.5, 0.6) is 0 Å². The molecule has 0 aliphatic carbocycles. The third kappa shape index (κ3) is 2.67. The van der Waals surface area contributed by atoms with Crippen molar-refractivity contribution in [3.63, 3.8) is 0 Å². The van der Waals surface area contributed by atoms with Gasteiger partial charge in [0.25, 0.3) is 0 Å². The molecule has 17 heavy (non-hydrogen) atoms. The van der Waals surface area contributed by atoms with Gasteiger partial charge >= 0.3 is 0 Å². The van der Waals surface area contributed by atoms with Crippen molar-refractivity contribution in [2.24, 2.45) is 5.84 Å². The van der Waals surface area contributed by atoms with Gasteiger partial charge in [0.1, 0.15) is 11.9 Å². The Hall–Kier alpha value is -0.920. The van der Waals surface area contributed by atoms with Crippen LogP contribution in [0.25, 0.3) is 0 Å². The zero-order valence-corrected chi connectivity index (χ0v) is 11.8. The number of hydrogen-bond donors (Lipinski definition) is 2. The third-order valence-electron chi connectivity index (χ3n) is 2.72. The molecule has 2 aromatic rings. The quantitative estimate of drug-likeness (QED) is 0.508. The van der Waals surface area contributed by atoms with Crippen molar-refractivity contribution in [2.75, 3.05) is 0 Å². The van der Waals surface area contributed by atoms with Crippen LogP contribution in [0.4, 0.5) is 0 Å². The Labute approximate surface area is 114 Å². The summed E-state index contributed by atoms with van der Waals surface area (Å²) in [4.78, 5) is 4.38. The third-order valence-corrected chi connectivity index (χ3v) is 3.44. The lowest BCUT2D eigenvalue weighted by molar-refractivity contribution is 0.561. The minimum atomic E-state index is -0.0676.